The fraction of sp³-hybridized carbons (Fsp3) is 0.647. The third-order valence-electron chi connectivity index (χ3n) is 5.06. The summed E-state index contributed by atoms with van der Waals surface area (Å²) in [6.45, 7) is 4.41. The average molecular weight is 274 g/mol. The maximum Gasteiger partial charge on any atom is 0.0633 e. The van der Waals surface area contributed by atoms with E-state index in [1.165, 1.54) is 42.5 Å². The molecular weight excluding hydrogens is 248 g/mol. The maximum absolute atomic E-state index is 9.92. The van der Waals surface area contributed by atoms with E-state index in [1.807, 2.05) is 7.05 Å². The van der Waals surface area contributed by atoms with Crippen molar-refractivity contribution in [3.8, 4) is 0 Å². The highest BCUT2D eigenvalue weighted by molar-refractivity contribution is 5.57. The van der Waals surface area contributed by atoms with Crippen LogP contribution < -0.4 is 10.2 Å². The number of likely N-dealkylation sites (N-methyl/N-ethyl adjacent to an activating group) is 1. The molecule has 110 valence electrons. The molecule has 0 aromatic heterocycles. The molecule has 1 aliphatic carbocycles. The number of anilines is 1. The van der Waals surface area contributed by atoms with Crippen LogP contribution in [-0.2, 0) is 6.42 Å². The monoisotopic (exact) mass is 274 g/mol. The number of rotatable bonds is 5. The molecule has 1 fully saturated rings. The number of nitrogens with zero attached hydrogens (tertiary/aromatic N) is 1. The molecule has 1 aliphatic heterocycles. The summed E-state index contributed by atoms with van der Waals surface area (Å²) in [5.74, 6) is 0.633. The number of hydrogen-bond acceptors (Lipinski definition) is 3. The van der Waals surface area contributed by atoms with E-state index in [0.717, 1.165) is 13.1 Å². The van der Waals surface area contributed by atoms with Gasteiger partial charge in [0.25, 0.3) is 0 Å². The minimum atomic E-state index is -0.125. The van der Waals surface area contributed by atoms with Crippen molar-refractivity contribution in [2.45, 2.75) is 38.1 Å². The Morgan fingerprint density at radius 2 is 2.20 bits per heavy atom. The molecule has 1 atom stereocenters. The lowest BCUT2D eigenvalue weighted by Gasteiger charge is -2.41. The first-order valence-corrected chi connectivity index (χ1v) is 7.83. The Hall–Kier alpha value is -1.06. The van der Waals surface area contributed by atoms with Gasteiger partial charge in [-0.25, -0.2) is 0 Å². The Kier molecular flexibility index (Phi) is 3.74. The standard InChI is InChI=1S/C17H26N2O/c1-13-5-8-16-14(10-13)4-3-9-19(16)11-17(12-20,18-2)15-6-7-15/h5,8,10,15,18,20H,3-4,6-7,9,11-12H2,1-2H3. The van der Waals surface area contributed by atoms with E-state index in [1.54, 1.807) is 0 Å². The number of fused-ring (bicyclic) bond motifs is 1. The highest BCUT2D eigenvalue weighted by Gasteiger charge is 2.45. The summed E-state index contributed by atoms with van der Waals surface area (Å²) < 4.78 is 0. The number of nitrogens with one attached hydrogen (secondary N) is 1. The Morgan fingerprint density at radius 3 is 2.85 bits per heavy atom. The molecule has 0 radical (unpaired) electrons. The smallest absolute Gasteiger partial charge is 0.0633 e. The summed E-state index contributed by atoms with van der Waals surface area (Å²) >= 11 is 0. The van der Waals surface area contributed by atoms with Crippen molar-refractivity contribution in [2.24, 2.45) is 5.92 Å². The van der Waals surface area contributed by atoms with E-state index >= 15 is 0 Å². The Labute approximate surface area is 122 Å². The van der Waals surface area contributed by atoms with Gasteiger partial charge in [0.15, 0.2) is 0 Å². The zero-order valence-electron chi connectivity index (χ0n) is 12.7. The first kappa shape index (κ1) is 13.9. The van der Waals surface area contributed by atoms with Gasteiger partial charge < -0.3 is 15.3 Å². The third-order valence-corrected chi connectivity index (χ3v) is 5.06. The van der Waals surface area contributed by atoms with Crippen LogP contribution in [0.25, 0.3) is 0 Å². The molecule has 3 rings (SSSR count). The van der Waals surface area contributed by atoms with E-state index < -0.39 is 0 Å². The lowest BCUT2D eigenvalue weighted by atomic mass is 9.91. The van der Waals surface area contributed by atoms with Crippen molar-refractivity contribution in [3.63, 3.8) is 0 Å². The summed E-state index contributed by atoms with van der Waals surface area (Å²) in [4.78, 5) is 2.48. The first-order chi connectivity index (χ1) is 9.68. The molecule has 1 unspecified atom stereocenters. The molecule has 0 saturated heterocycles. The number of hydrogen-bond donors (Lipinski definition) is 2. The van der Waals surface area contributed by atoms with Crippen LogP contribution in [0.3, 0.4) is 0 Å². The number of aliphatic hydroxyl groups excluding tert-OH is 1. The molecule has 1 saturated carbocycles. The summed E-state index contributed by atoms with van der Waals surface area (Å²) in [6, 6.07) is 6.78. The van der Waals surface area contributed by atoms with E-state index in [9.17, 15) is 5.11 Å². The minimum Gasteiger partial charge on any atom is -0.394 e. The topological polar surface area (TPSA) is 35.5 Å². The molecule has 3 nitrogen and oxygen atoms in total. The molecule has 0 bridgehead atoms. The summed E-state index contributed by atoms with van der Waals surface area (Å²) in [6.07, 6.45) is 4.89. The molecule has 2 N–H and O–H groups in total. The maximum atomic E-state index is 9.92. The molecular formula is C17H26N2O. The van der Waals surface area contributed by atoms with E-state index in [2.05, 4.69) is 35.3 Å². The van der Waals surface area contributed by atoms with Gasteiger partial charge in [0.1, 0.15) is 0 Å². The fourth-order valence-electron chi connectivity index (χ4n) is 3.62. The molecule has 3 heteroatoms. The van der Waals surface area contributed by atoms with Crippen molar-refractivity contribution < 1.29 is 5.11 Å². The Bertz CT molecular complexity index is 478. The molecule has 2 aliphatic rings. The summed E-state index contributed by atoms with van der Waals surface area (Å²) in [5.41, 5.74) is 4.06. The lowest BCUT2D eigenvalue weighted by molar-refractivity contribution is 0.151. The molecule has 20 heavy (non-hydrogen) atoms. The number of aryl methyl sites for hydroxylation is 2. The van der Waals surface area contributed by atoms with Crippen LogP contribution >= 0.6 is 0 Å². The lowest BCUT2D eigenvalue weighted by Crippen LogP contribution is -2.57. The van der Waals surface area contributed by atoms with Gasteiger partial charge in [-0.2, -0.15) is 0 Å². The molecule has 0 spiro atoms. The van der Waals surface area contributed by atoms with E-state index in [4.69, 9.17) is 0 Å². The summed E-state index contributed by atoms with van der Waals surface area (Å²) in [7, 11) is 1.99. The predicted octanol–water partition coefficient (Wildman–Crippen LogP) is 2.11. The van der Waals surface area contributed by atoms with Crippen LogP contribution in [0.4, 0.5) is 5.69 Å². The highest BCUT2D eigenvalue weighted by Crippen LogP contribution is 2.41. The van der Waals surface area contributed by atoms with Gasteiger partial charge in [-0.1, -0.05) is 17.7 Å². The van der Waals surface area contributed by atoms with Gasteiger partial charge in [0.05, 0.1) is 12.1 Å². The quantitative estimate of drug-likeness (QED) is 0.863. The van der Waals surface area contributed by atoms with E-state index in [-0.39, 0.29) is 12.1 Å². The van der Waals surface area contributed by atoms with Crippen molar-refractivity contribution in [1.29, 1.82) is 0 Å². The van der Waals surface area contributed by atoms with Crippen molar-refractivity contribution in [3.05, 3.63) is 29.3 Å². The van der Waals surface area contributed by atoms with Crippen LogP contribution in [0.1, 0.15) is 30.4 Å². The van der Waals surface area contributed by atoms with Gasteiger partial charge in [0.2, 0.25) is 0 Å². The fourth-order valence-corrected chi connectivity index (χ4v) is 3.62. The molecule has 1 aromatic rings. The average Bonchev–Trinajstić information content (AvgIpc) is 3.29. The zero-order chi connectivity index (χ0) is 14.2. The normalized spacial score (nSPS) is 21.4. The largest absolute Gasteiger partial charge is 0.394 e. The van der Waals surface area contributed by atoms with Crippen LogP contribution in [0.15, 0.2) is 18.2 Å². The SMILES string of the molecule is CNC(CO)(CN1CCCc2cc(C)ccc21)C1CC1. The minimum absolute atomic E-state index is 0.125. The van der Waals surface area contributed by atoms with E-state index in [0.29, 0.717) is 5.92 Å². The third kappa shape index (κ3) is 2.45. The van der Waals surface area contributed by atoms with Gasteiger partial charge in [-0.05, 0) is 57.2 Å². The van der Waals surface area contributed by atoms with Crippen LogP contribution in [0.5, 0.6) is 0 Å². The highest BCUT2D eigenvalue weighted by atomic mass is 16.3. The Morgan fingerprint density at radius 1 is 1.40 bits per heavy atom. The molecule has 1 heterocycles. The van der Waals surface area contributed by atoms with Crippen LogP contribution in [0.2, 0.25) is 0 Å². The number of aliphatic hydroxyl groups is 1. The second-order valence-electron chi connectivity index (χ2n) is 6.50. The van der Waals surface area contributed by atoms with Gasteiger partial charge in [-0.15, -0.1) is 0 Å². The number of benzene rings is 1. The molecule has 0 amide bonds. The first-order valence-electron chi connectivity index (χ1n) is 7.83. The second-order valence-corrected chi connectivity index (χ2v) is 6.50. The van der Waals surface area contributed by atoms with Gasteiger partial charge in [-0.3, -0.25) is 0 Å². The van der Waals surface area contributed by atoms with Gasteiger partial charge in [0, 0.05) is 18.8 Å². The van der Waals surface area contributed by atoms with Crippen molar-refractivity contribution >= 4 is 5.69 Å². The van der Waals surface area contributed by atoms with Crippen LogP contribution in [0, 0.1) is 12.8 Å². The second kappa shape index (κ2) is 5.38. The van der Waals surface area contributed by atoms with Gasteiger partial charge >= 0.3 is 0 Å². The predicted molar refractivity (Wildman–Crippen MR) is 83.3 cm³/mol. The van der Waals surface area contributed by atoms with Crippen LogP contribution in [-0.4, -0.2) is 37.4 Å². The summed E-state index contributed by atoms with van der Waals surface area (Å²) in [5, 5.41) is 13.3. The Balaban J connectivity index is 1.85. The van der Waals surface area contributed by atoms with Crippen molar-refractivity contribution in [2.75, 3.05) is 31.6 Å². The zero-order valence-corrected chi connectivity index (χ0v) is 12.7. The molecule has 1 aromatic carbocycles. The van der Waals surface area contributed by atoms with Crippen molar-refractivity contribution in [1.82, 2.24) is 5.32 Å².